The van der Waals surface area contributed by atoms with Gasteiger partial charge in [-0.05, 0) is 31.6 Å². The molecule has 1 aliphatic heterocycles. The van der Waals surface area contributed by atoms with Crippen LogP contribution in [0.1, 0.15) is 45.4 Å². The molecular weight excluding hydrogens is 284 g/mol. The van der Waals surface area contributed by atoms with Crippen LogP contribution in [0.25, 0.3) is 0 Å². The number of urea groups is 1. The summed E-state index contributed by atoms with van der Waals surface area (Å²) in [4.78, 5) is 24.6. The summed E-state index contributed by atoms with van der Waals surface area (Å²) in [6.07, 6.45) is 6.30. The van der Waals surface area contributed by atoms with E-state index >= 15 is 0 Å². The monoisotopic (exact) mass is 312 g/mol. The number of nitrogens with zero attached hydrogens (tertiary/aromatic N) is 1. The van der Waals surface area contributed by atoms with Gasteiger partial charge in [0.2, 0.25) is 0 Å². The Morgan fingerprint density at radius 2 is 1.86 bits per heavy atom. The highest BCUT2D eigenvalue weighted by molar-refractivity contribution is 5.75. The van der Waals surface area contributed by atoms with Crippen molar-refractivity contribution < 1.29 is 19.4 Å². The Balaban J connectivity index is 1.59. The molecule has 0 aromatic heterocycles. The second-order valence-corrected chi connectivity index (χ2v) is 6.50. The van der Waals surface area contributed by atoms with Gasteiger partial charge in [0.05, 0.1) is 18.6 Å². The van der Waals surface area contributed by atoms with Gasteiger partial charge in [0.25, 0.3) is 0 Å². The Morgan fingerprint density at radius 3 is 2.50 bits per heavy atom. The SMILES string of the molecule is CC1CCCCC1OCCNC(=O)N1CCC(C(=O)O)CC1. The predicted molar refractivity (Wildman–Crippen MR) is 82.7 cm³/mol. The van der Waals surface area contributed by atoms with Gasteiger partial charge in [-0.15, -0.1) is 0 Å². The van der Waals surface area contributed by atoms with Gasteiger partial charge in [0, 0.05) is 19.6 Å². The molecule has 22 heavy (non-hydrogen) atoms. The maximum atomic E-state index is 12.0. The number of carbonyl (C=O) groups excluding carboxylic acids is 1. The Hall–Kier alpha value is -1.30. The van der Waals surface area contributed by atoms with Gasteiger partial charge < -0.3 is 20.1 Å². The van der Waals surface area contributed by atoms with Gasteiger partial charge in [-0.1, -0.05) is 19.8 Å². The number of rotatable bonds is 5. The van der Waals surface area contributed by atoms with E-state index in [9.17, 15) is 9.59 Å². The first-order chi connectivity index (χ1) is 10.6. The number of carboxylic acids is 1. The molecule has 1 heterocycles. The van der Waals surface area contributed by atoms with Crippen LogP contribution in [0.2, 0.25) is 0 Å². The topological polar surface area (TPSA) is 78.9 Å². The smallest absolute Gasteiger partial charge is 0.317 e. The van der Waals surface area contributed by atoms with Gasteiger partial charge in [-0.3, -0.25) is 4.79 Å². The first-order valence-electron chi connectivity index (χ1n) is 8.45. The van der Waals surface area contributed by atoms with E-state index < -0.39 is 5.97 Å². The van der Waals surface area contributed by atoms with E-state index in [1.165, 1.54) is 19.3 Å². The van der Waals surface area contributed by atoms with Crippen molar-refractivity contribution in [1.82, 2.24) is 10.2 Å². The normalized spacial score (nSPS) is 26.7. The van der Waals surface area contributed by atoms with E-state index in [1.807, 2.05) is 0 Å². The number of carbonyl (C=O) groups is 2. The summed E-state index contributed by atoms with van der Waals surface area (Å²) in [7, 11) is 0. The summed E-state index contributed by atoms with van der Waals surface area (Å²) in [6.45, 7) is 4.33. The fourth-order valence-corrected chi connectivity index (χ4v) is 3.34. The molecule has 6 nitrogen and oxygen atoms in total. The number of amides is 2. The predicted octanol–water partition coefficient (Wildman–Crippen LogP) is 2.09. The van der Waals surface area contributed by atoms with Gasteiger partial charge in [-0.2, -0.15) is 0 Å². The van der Waals surface area contributed by atoms with E-state index in [-0.39, 0.29) is 11.9 Å². The van der Waals surface area contributed by atoms with Crippen molar-refractivity contribution in [3.05, 3.63) is 0 Å². The highest BCUT2D eigenvalue weighted by Gasteiger charge is 2.27. The van der Waals surface area contributed by atoms with Crippen molar-refractivity contribution in [2.45, 2.75) is 51.6 Å². The number of piperidine rings is 1. The lowest BCUT2D eigenvalue weighted by Crippen LogP contribution is -2.46. The molecule has 6 heteroatoms. The Morgan fingerprint density at radius 1 is 1.18 bits per heavy atom. The summed E-state index contributed by atoms with van der Waals surface area (Å²) in [5.74, 6) is -0.449. The second kappa shape index (κ2) is 8.36. The lowest BCUT2D eigenvalue weighted by Gasteiger charge is -2.31. The fraction of sp³-hybridized carbons (Fsp3) is 0.875. The maximum Gasteiger partial charge on any atom is 0.317 e. The number of hydrogen-bond donors (Lipinski definition) is 2. The molecule has 1 saturated carbocycles. The largest absolute Gasteiger partial charge is 0.481 e. The third kappa shape index (κ3) is 4.87. The van der Waals surface area contributed by atoms with E-state index in [1.54, 1.807) is 4.90 Å². The molecule has 2 aliphatic rings. The molecule has 2 rings (SSSR count). The maximum absolute atomic E-state index is 12.0. The number of nitrogens with one attached hydrogen (secondary N) is 1. The van der Waals surface area contributed by atoms with Gasteiger partial charge in [-0.25, -0.2) is 4.79 Å². The summed E-state index contributed by atoms with van der Waals surface area (Å²) in [5, 5.41) is 11.8. The summed E-state index contributed by atoms with van der Waals surface area (Å²) in [5.41, 5.74) is 0. The van der Waals surface area contributed by atoms with Crippen LogP contribution in [0.15, 0.2) is 0 Å². The molecule has 0 aromatic rings. The Labute approximate surface area is 132 Å². The van der Waals surface area contributed by atoms with Crippen LogP contribution >= 0.6 is 0 Å². The lowest BCUT2D eigenvalue weighted by molar-refractivity contribution is -0.143. The molecule has 0 radical (unpaired) electrons. The van der Waals surface area contributed by atoms with Crippen molar-refractivity contribution in [1.29, 1.82) is 0 Å². The summed E-state index contributed by atoms with van der Waals surface area (Å²) < 4.78 is 5.87. The van der Waals surface area contributed by atoms with Gasteiger partial charge in [0.15, 0.2) is 0 Å². The second-order valence-electron chi connectivity index (χ2n) is 6.50. The van der Waals surface area contributed by atoms with Gasteiger partial charge >= 0.3 is 12.0 Å². The van der Waals surface area contributed by atoms with Crippen LogP contribution in [0.5, 0.6) is 0 Å². The van der Waals surface area contributed by atoms with E-state index in [0.717, 1.165) is 6.42 Å². The molecule has 2 fully saturated rings. The van der Waals surface area contributed by atoms with Crippen LogP contribution in [-0.4, -0.2) is 54.4 Å². The number of aliphatic carboxylic acids is 1. The highest BCUT2D eigenvalue weighted by atomic mass is 16.5. The molecule has 1 aliphatic carbocycles. The van der Waals surface area contributed by atoms with Crippen molar-refractivity contribution in [3.63, 3.8) is 0 Å². The Kier molecular flexibility index (Phi) is 6.49. The minimum atomic E-state index is -0.755. The number of ether oxygens (including phenoxy) is 1. The van der Waals surface area contributed by atoms with Crippen LogP contribution in [0, 0.1) is 11.8 Å². The first kappa shape index (κ1) is 17.1. The zero-order chi connectivity index (χ0) is 15.9. The van der Waals surface area contributed by atoms with Crippen LogP contribution in [0.3, 0.4) is 0 Å². The molecular formula is C16H28N2O4. The van der Waals surface area contributed by atoms with Gasteiger partial charge in [0.1, 0.15) is 0 Å². The number of hydrogen-bond acceptors (Lipinski definition) is 3. The highest BCUT2D eigenvalue weighted by Crippen LogP contribution is 2.26. The molecule has 0 aromatic carbocycles. The minimum absolute atomic E-state index is 0.107. The van der Waals surface area contributed by atoms with Crippen LogP contribution < -0.4 is 5.32 Å². The fourth-order valence-electron chi connectivity index (χ4n) is 3.34. The number of carboxylic acid groups (broad SMARTS) is 1. The van der Waals surface area contributed by atoms with Crippen molar-refractivity contribution in [2.75, 3.05) is 26.2 Å². The van der Waals surface area contributed by atoms with E-state index in [0.29, 0.717) is 51.1 Å². The number of likely N-dealkylation sites (tertiary alicyclic amines) is 1. The molecule has 1 saturated heterocycles. The zero-order valence-corrected chi connectivity index (χ0v) is 13.4. The van der Waals surface area contributed by atoms with Crippen molar-refractivity contribution >= 4 is 12.0 Å². The molecule has 2 atom stereocenters. The molecule has 2 amide bonds. The molecule has 0 bridgehead atoms. The molecule has 0 spiro atoms. The Bertz CT molecular complexity index is 380. The molecule has 126 valence electrons. The quantitative estimate of drug-likeness (QED) is 0.762. The summed E-state index contributed by atoms with van der Waals surface area (Å²) in [6, 6.07) is -0.107. The van der Waals surface area contributed by atoms with Crippen LogP contribution in [0.4, 0.5) is 4.79 Å². The minimum Gasteiger partial charge on any atom is -0.481 e. The van der Waals surface area contributed by atoms with E-state index in [2.05, 4.69) is 12.2 Å². The standard InChI is InChI=1S/C16H28N2O4/c1-12-4-2-3-5-14(12)22-11-8-17-16(21)18-9-6-13(7-10-18)15(19)20/h12-14H,2-11H2,1H3,(H,17,21)(H,19,20). The van der Waals surface area contributed by atoms with Crippen molar-refractivity contribution in [2.24, 2.45) is 11.8 Å². The first-order valence-corrected chi connectivity index (χ1v) is 8.45. The third-order valence-corrected chi connectivity index (χ3v) is 4.87. The lowest BCUT2D eigenvalue weighted by atomic mass is 9.88. The summed E-state index contributed by atoms with van der Waals surface area (Å²) >= 11 is 0. The molecule has 2 N–H and O–H groups in total. The molecule has 2 unspecified atom stereocenters. The van der Waals surface area contributed by atoms with Crippen molar-refractivity contribution in [3.8, 4) is 0 Å². The average molecular weight is 312 g/mol. The van der Waals surface area contributed by atoms with Crippen LogP contribution in [-0.2, 0) is 9.53 Å². The third-order valence-electron chi connectivity index (χ3n) is 4.87. The average Bonchev–Trinajstić information content (AvgIpc) is 2.53. The zero-order valence-electron chi connectivity index (χ0n) is 13.4. The van der Waals surface area contributed by atoms with E-state index in [4.69, 9.17) is 9.84 Å².